The third kappa shape index (κ3) is 3.92. The Labute approximate surface area is 128 Å². The second-order valence-electron chi connectivity index (χ2n) is 5.00. The summed E-state index contributed by atoms with van der Waals surface area (Å²) in [7, 11) is 2.09. The molecule has 5 heteroatoms. The molecule has 0 radical (unpaired) electrons. The van der Waals surface area contributed by atoms with Gasteiger partial charge in [0.1, 0.15) is 0 Å². The van der Waals surface area contributed by atoms with Crippen LogP contribution >= 0.6 is 27.5 Å². The first-order chi connectivity index (χ1) is 9.11. The highest BCUT2D eigenvalue weighted by atomic mass is 79.9. The minimum absolute atomic E-state index is 0.176. The van der Waals surface area contributed by atoms with Crippen molar-refractivity contribution >= 4 is 27.5 Å². The zero-order chi connectivity index (χ0) is 13.8. The lowest BCUT2D eigenvalue weighted by atomic mass is 10.1. The number of nitrogens with zero attached hydrogens (tertiary/aromatic N) is 1. The van der Waals surface area contributed by atoms with Crippen LogP contribution in [0.1, 0.15) is 24.4 Å². The molecular formula is C14H20BrClN2O. The first-order valence-corrected chi connectivity index (χ1v) is 7.75. The van der Waals surface area contributed by atoms with Crippen LogP contribution in [-0.4, -0.2) is 37.7 Å². The Hall–Kier alpha value is -0.130. The lowest BCUT2D eigenvalue weighted by molar-refractivity contribution is 0.0689. The van der Waals surface area contributed by atoms with Gasteiger partial charge in [-0.25, -0.2) is 0 Å². The number of hydrogen-bond donors (Lipinski definition) is 1. The molecule has 3 nitrogen and oxygen atoms in total. The SMILES string of the molecule is CN(CC1CCCO1)C(CN)c1ccc(Br)c(Cl)c1. The topological polar surface area (TPSA) is 38.5 Å². The highest BCUT2D eigenvalue weighted by molar-refractivity contribution is 9.10. The van der Waals surface area contributed by atoms with Crippen LogP contribution in [0.15, 0.2) is 22.7 Å². The molecule has 1 aliphatic rings. The van der Waals surface area contributed by atoms with Crippen LogP contribution in [0.3, 0.4) is 0 Å². The van der Waals surface area contributed by atoms with Crippen LogP contribution in [0, 0.1) is 0 Å². The molecule has 0 aromatic heterocycles. The van der Waals surface area contributed by atoms with Crippen LogP contribution in [0.25, 0.3) is 0 Å². The van der Waals surface area contributed by atoms with E-state index in [1.807, 2.05) is 12.1 Å². The molecule has 2 rings (SSSR count). The van der Waals surface area contributed by atoms with Crippen molar-refractivity contribution in [1.29, 1.82) is 0 Å². The summed E-state index contributed by atoms with van der Waals surface area (Å²) < 4.78 is 6.59. The number of ether oxygens (including phenoxy) is 1. The van der Waals surface area contributed by atoms with E-state index in [4.69, 9.17) is 22.1 Å². The fourth-order valence-electron chi connectivity index (χ4n) is 2.53. The molecule has 0 bridgehead atoms. The summed E-state index contributed by atoms with van der Waals surface area (Å²) in [5.74, 6) is 0. The lowest BCUT2D eigenvalue weighted by Gasteiger charge is -2.29. The maximum Gasteiger partial charge on any atom is 0.0702 e. The molecular weight excluding hydrogens is 328 g/mol. The van der Waals surface area contributed by atoms with Gasteiger partial charge in [-0.1, -0.05) is 17.7 Å². The number of rotatable bonds is 5. The second kappa shape index (κ2) is 7.04. The average molecular weight is 348 g/mol. The Bertz CT molecular complexity index is 424. The van der Waals surface area contributed by atoms with E-state index in [0.717, 1.165) is 41.1 Å². The summed E-state index contributed by atoms with van der Waals surface area (Å²) in [6, 6.07) is 6.20. The minimum atomic E-state index is 0.176. The molecule has 2 atom stereocenters. The van der Waals surface area contributed by atoms with E-state index in [9.17, 15) is 0 Å². The van der Waals surface area contributed by atoms with Crippen molar-refractivity contribution < 1.29 is 4.74 Å². The van der Waals surface area contributed by atoms with E-state index in [-0.39, 0.29) is 6.04 Å². The maximum atomic E-state index is 6.16. The molecule has 1 fully saturated rings. The van der Waals surface area contributed by atoms with Gasteiger partial charge in [-0.05, 0) is 53.5 Å². The van der Waals surface area contributed by atoms with Crippen LogP contribution in [0.5, 0.6) is 0 Å². The van der Waals surface area contributed by atoms with Crippen LogP contribution < -0.4 is 5.73 Å². The maximum absolute atomic E-state index is 6.16. The molecule has 2 N–H and O–H groups in total. The van der Waals surface area contributed by atoms with Gasteiger partial charge in [0.2, 0.25) is 0 Å². The first-order valence-electron chi connectivity index (χ1n) is 6.58. The van der Waals surface area contributed by atoms with Gasteiger partial charge in [0, 0.05) is 30.2 Å². The highest BCUT2D eigenvalue weighted by Gasteiger charge is 2.22. The van der Waals surface area contributed by atoms with Crippen molar-refractivity contribution in [3.05, 3.63) is 33.3 Å². The third-order valence-corrected chi connectivity index (χ3v) is 4.83. The normalized spacial score (nSPS) is 21.0. The van der Waals surface area contributed by atoms with E-state index in [0.29, 0.717) is 12.6 Å². The van der Waals surface area contributed by atoms with Gasteiger partial charge in [-0.15, -0.1) is 0 Å². The standard InChI is InChI=1S/C14H20BrClN2O/c1-18(9-11-3-2-6-19-11)14(8-17)10-4-5-12(15)13(16)7-10/h4-5,7,11,14H,2-3,6,8-9,17H2,1H3. The molecule has 1 aliphatic heterocycles. The van der Waals surface area contributed by atoms with Gasteiger partial charge >= 0.3 is 0 Å². The summed E-state index contributed by atoms with van der Waals surface area (Å²) in [6.45, 7) is 2.37. The Morgan fingerprint density at radius 1 is 1.58 bits per heavy atom. The molecule has 1 heterocycles. The third-order valence-electron chi connectivity index (χ3n) is 3.60. The fraction of sp³-hybridized carbons (Fsp3) is 0.571. The molecule has 0 saturated carbocycles. The van der Waals surface area contributed by atoms with Gasteiger partial charge in [-0.2, -0.15) is 0 Å². The Morgan fingerprint density at radius 2 is 2.37 bits per heavy atom. The van der Waals surface area contributed by atoms with Crippen LogP contribution in [0.4, 0.5) is 0 Å². The van der Waals surface area contributed by atoms with E-state index in [1.165, 1.54) is 0 Å². The molecule has 0 amide bonds. The van der Waals surface area contributed by atoms with E-state index >= 15 is 0 Å². The van der Waals surface area contributed by atoms with Crippen molar-refractivity contribution in [2.45, 2.75) is 25.0 Å². The fourth-order valence-corrected chi connectivity index (χ4v) is 2.96. The highest BCUT2D eigenvalue weighted by Crippen LogP contribution is 2.28. The van der Waals surface area contributed by atoms with Gasteiger partial charge in [0.05, 0.1) is 11.1 Å². The Balaban J connectivity index is 2.06. The van der Waals surface area contributed by atoms with Crippen LogP contribution in [0.2, 0.25) is 5.02 Å². The number of likely N-dealkylation sites (N-methyl/N-ethyl adjacent to an activating group) is 1. The second-order valence-corrected chi connectivity index (χ2v) is 6.26. The summed E-state index contributed by atoms with van der Waals surface area (Å²) >= 11 is 9.57. The zero-order valence-electron chi connectivity index (χ0n) is 11.1. The van der Waals surface area contributed by atoms with E-state index in [1.54, 1.807) is 0 Å². The monoisotopic (exact) mass is 346 g/mol. The summed E-state index contributed by atoms with van der Waals surface area (Å²) in [6.07, 6.45) is 2.64. The molecule has 19 heavy (non-hydrogen) atoms. The Kier molecular flexibility index (Phi) is 5.66. The molecule has 2 unspecified atom stereocenters. The quantitative estimate of drug-likeness (QED) is 0.889. The predicted octanol–water partition coefficient (Wildman–Crippen LogP) is 3.21. The molecule has 0 spiro atoms. The molecule has 0 aliphatic carbocycles. The summed E-state index contributed by atoms with van der Waals surface area (Å²) in [4.78, 5) is 2.26. The minimum Gasteiger partial charge on any atom is -0.377 e. The van der Waals surface area contributed by atoms with Crippen LogP contribution in [-0.2, 0) is 4.74 Å². The number of halogens is 2. The van der Waals surface area contributed by atoms with Gasteiger partial charge in [0.15, 0.2) is 0 Å². The van der Waals surface area contributed by atoms with E-state index < -0.39 is 0 Å². The van der Waals surface area contributed by atoms with Crippen molar-refractivity contribution in [2.24, 2.45) is 5.73 Å². The Morgan fingerprint density at radius 3 is 2.95 bits per heavy atom. The first kappa shape index (κ1) is 15.3. The lowest BCUT2D eigenvalue weighted by Crippen LogP contribution is -2.36. The molecule has 1 aromatic rings. The number of benzene rings is 1. The number of nitrogens with two attached hydrogens (primary N) is 1. The predicted molar refractivity (Wildman–Crippen MR) is 82.6 cm³/mol. The van der Waals surface area contributed by atoms with Crippen molar-refractivity contribution in [3.8, 4) is 0 Å². The zero-order valence-corrected chi connectivity index (χ0v) is 13.5. The van der Waals surface area contributed by atoms with Crippen molar-refractivity contribution in [3.63, 3.8) is 0 Å². The number of hydrogen-bond acceptors (Lipinski definition) is 3. The summed E-state index contributed by atoms with van der Waals surface area (Å²) in [5.41, 5.74) is 7.08. The van der Waals surface area contributed by atoms with Gasteiger partial charge in [-0.3, -0.25) is 4.90 Å². The molecule has 106 valence electrons. The molecule has 1 aromatic carbocycles. The summed E-state index contributed by atoms with van der Waals surface area (Å²) in [5, 5.41) is 0.724. The molecule has 1 saturated heterocycles. The van der Waals surface area contributed by atoms with E-state index in [2.05, 4.69) is 33.9 Å². The smallest absolute Gasteiger partial charge is 0.0702 e. The van der Waals surface area contributed by atoms with Crippen molar-refractivity contribution in [1.82, 2.24) is 4.90 Å². The van der Waals surface area contributed by atoms with Gasteiger partial charge in [0.25, 0.3) is 0 Å². The van der Waals surface area contributed by atoms with Crippen molar-refractivity contribution in [2.75, 3.05) is 26.7 Å². The largest absolute Gasteiger partial charge is 0.377 e. The van der Waals surface area contributed by atoms with Gasteiger partial charge < -0.3 is 10.5 Å². The average Bonchev–Trinajstić information content (AvgIpc) is 2.87.